The van der Waals surface area contributed by atoms with Gasteiger partial charge >= 0.3 is 6.18 Å². The summed E-state index contributed by atoms with van der Waals surface area (Å²) in [5, 5.41) is 2.93. The third-order valence-corrected chi connectivity index (χ3v) is 3.04. The Balaban J connectivity index is 2.13. The topological polar surface area (TPSA) is 51.0 Å². The fourth-order valence-electron chi connectivity index (χ4n) is 2.00. The molecule has 108 valence electrons. The molecule has 3 rings (SSSR count). The van der Waals surface area contributed by atoms with Gasteiger partial charge in [-0.25, -0.2) is 4.98 Å². The molecular weight excluding hydrogens is 283 g/mol. The zero-order chi connectivity index (χ0) is 15.0. The molecule has 0 aliphatic carbocycles. The van der Waals surface area contributed by atoms with E-state index >= 15 is 0 Å². The lowest BCUT2D eigenvalue weighted by atomic mass is 10.2. The second-order valence-corrected chi connectivity index (χ2v) is 4.37. The summed E-state index contributed by atoms with van der Waals surface area (Å²) in [6.45, 7) is 0. The molecule has 0 aliphatic rings. The van der Waals surface area contributed by atoms with Crippen molar-refractivity contribution in [2.45, 2.75) is 6.18 Å². The van der Waals surface area contributed by atoms with Gasteiger partial charge in [-0.15, -0.1) is 0 Å². The summed E-state index contributed by atoms with van der Waals surface area (Å²) in [5.41, 5.74) is 1.03. The number of oxazole rings is 1. The van der Waals surface area contributed by atoms with Crippen molar-refractivity contribution in [2.75, 3.05) is 12.4 Å². The Morgan fingerprint density at radius 3 is 2.71 bits per heavy atom. The summed E-state index contributed by atoms with van der Waals surface area (Å²) in [5.74, 6) is 0.246. The molecule has 0 saturated carbocycles. The van der Waals surface area contributed by atoms with Gasteiger partial charge in [-0.05, 0) is 24.3 Å². The number of fused-ring (bicyclic) bond motifs is 1. The predicted octanol–water partition coefficient (Wildman–Crippen LogP) is 3.95. The fraction of sp³-hybridized carbons (Fsp3) is 0.143. The van der Waals surface area contributed by atoms with E-state index in [0.717, 1.165) is 12.1 Å². The molecule has 7 heteroatoms. The van der Waals surface area contributed by atoms with Crippen LogP contribution in [-0.4, -0.2) is 17.0 Å². The molecule has 0 bridgehead atoms. The van der Waals surface area contributed by atoms with Crippen molar-refractivity contribution in [3.8, 4) is 11.5 Å². The molecule has 0 atom stereocenters. The van der Waals surface area contributed by atoms with Crippen LogP contribution in [0.1, 0.15) is 5.56 Å². The average Bonchev–Trinajstić information content (AvgIpc) is 2.89. The Kier molecular flexibility index (Phi) is 3.04. The van der Waals surface area contributed by atoms with Crippen LogP contribution in [0.15, 0.2) is 41.1 Å². The molecule has 0 aliphatic heterocycles. The van der Waals surface area contributed by atoms with Crippen LogP contribution in [0.5, 0.6) is 0 Å². The number of pyridine rings is 1. The lowest BCUT2D eigenvalue weighted by molar-refractivity contribution is -0.137. The van der Waals surface area contributed by atoms with Crippen molar-refractivity contribution in [3.05, 3.63) is 42.2 Å². The third-order valence-electron chi connectivity index (χ3n) is 3.04. The van der Waals surface area contributed by atoms with Crippen LogP contribution in [0.4, 0.5) is 18.9 Å². The van der Waals surface area contributed by atoms with Gasteiger partial charge in [-0.1, -0.05) is 0 Å². The molecule has 0 fully saturated rings. The smallest absolute Gasteiger partial charge is 0.416 e. The lowest BCUT2D eigenvalue weighted by Gasteiger charge is -2.04. The zero-order valence-electron chi connectivity index (χ0n) is 10.9. The van der Waals surface area contributed by atoms with Gasteiger partial charge in [0.05, 0.1) is 23.0 Å². The number of anilines is 1. The molecule has 21 heavy (non-hydrogen) atoms. The molecule has 4 nitrogen and oxygen atoms in total. The van der Waals surface area contributed by atoms with E-state index in [9.17, 15) is 13.2 Å². The zero-order valence-corrected chi connectivity index (χ0v) is 10.9. The minimum Gasteiger partial charge on any atom is -0.436 e. The average molecular weight is 293 g/mol. The maximum atomic E-state index is 12.7. The quantitative estimate of drug-likeness (QED) is 0.777. The highest BCUT2D eigenvalue weighted by Gasteiger charge is 2.31. The van der Waals surface area contributed by atoms with Crippen LogP contribution >= 0.6 is 0 Å². The highest BCUT2D eigenvalue weighted by Crippen LogP contribution is 2.34. The molecule has 2 aromatic heterocycles. The molecule has 1 aromatic carbocycles. The van der Waals surface area contributed by atoms with Gasteiger partial charge in [0, 0.05) is 13.2 Å². The van der Waals surface area contributed by atoms with Crippen molar-refractivity contribution in [1.29, 1.82) is 0 Å². The Bertz CT molecular complexity index is 796. The normalized spacial score (nSPS) is 11.8. The second kappa shape index (κ2) is 4.76. The van der Waals surface area contributed by atoms with E-state index < -0.39 is 11.7 Å². The first-order chi connectivity index (χ1) is 9.99. The van der Waals surface area contributed by atoms with Gasteiger partial charge < -0.3 is 9.73 Å². The van der Waals surface area contributed by atoms with Gasteiger partial charge in [0.2, 0.25) is 5.89 Å². The highest BCUT2D eigenvalue weighted by atomic mass is 19.4. The van der Waals surface area contributed by atoms with Crippen LogP contribution < -0.4 is 5.32 Å². The number of hydrogen-bond donors (Lipinski definition) is 1. The van der Waals surface area contributed by atoms with E-state index in [1.165, 1.54) is 6.07 Å². The van der Waals surface area contributed by atoms with E-state index in [1.807, 2.05) is 0 Å². The first-order valence-electron chi connectivity index (χ1n) is 6.09. The van der Waals surface area contributed by atoms with Crippen LogP contribution in [0.25, 0.3) is 22.6 Å². The summed E-state index contributed by atoms with van der Waals surface area (Å²) in [7, 11) is 1.71. The molecule has 1 N–H and O–H groups in total. The molecule has 3 aromatic rings. The number of hydrogen-bond acceptors (Lipinski definition) is 4. The summed E-state index contributed by atoms with van der Waals surface area (Å²) >= 11 is 0. The standard InChI is InChI=1S/C14H10F3N3O/c1-18-11-7-19-5-4-9(11)13-20-10-6-8(14(15,16)17)2-3-12(10)21-13/h2-7,18H,1H3. The predicted molar refractivity (Wildman–Crippen MR) is 71.8 cm³/mol. The maximum Gasteiger partial charge on any atom is 0.416 e. The minimum absolute atomic E-state index is 0.165. The number of nitrogens with zero attached hydrogens (tertiary/aromatic N) is 2. The highest BCUT2D eigenvalue weighted by molar-refractivity contribution is 5.80. The molecule has 0 amide bonds. The number of alkyl halides is 3. The van der Waals surface area contributed by atoms with E-state index in [0.29, 0.717) is 16.8 Å². The van der Waals surface area contributed by atoms with E-state index in [-0.39, 0.29) is 11.4 Å². The Morgan fingerprint density at radius 2 is 2.00 bits per heavy atom. The molecule has 0 spiro atoms. The van der Waals surface area contributed by atoms with E-state index in [2.05, 4.69) is 15.3 Å². The van der Waals surface area contributed by atoms with Crippen molar-refractivity contribution >= 4 is 16.8 Å². The fourth-order valence-corrected chi connectivity index (χ4v) is 2.00. The van der Waals surface area contributed by atoms with E-state index in [4.69, 9.17) is 4.42 Å². The van der Waals surface area contributed by atoms with Gasteiger partial charge in [-0.2, -0.15) is 13.2 Å². The minimum atomic E-state index is -4.40. The lowest BCUT2D eigenvalue weighted by Crippen LogP contribution is -2.03. The van der Waals surface area contributed by atoms with Crippen LogP contribution in [0.3, 0.4) is 0 Å². The van der Waals surface area contributed by atoms with Crippen LogP contribution in [-0.2, 0) is 6.18 Å². The third kappa shape index (κ3) is 2.42. The summed E-state index contributed by atoms with van der Waals surface area (Å²) < 4.78 is 43.6. The molecule has 0 saturated heterocycles. The van der Waals surface area contributed by atoms with Gasteiger partial charge in [-0.3, -0.25) is 4.98 Å². The van der Waals surface area contributed by atoms with Gasteiger partial charge in [0.1, 0.15) is 5.52 Å². The Hall–Kier alpha value is -2.57. The van der Waals surface area contributed by atoms with Crippen LogP contribution in [0, 0.1) is 0 Å². The largest absolute Gasteiger partial charge is 0.436 e. The first-order valence-corrected chi connectivity index (χ1v) is 6.09. The van der Waals surface area contributed by atoms with Crippen molar-refractivity contribution < 1.29 is 17.6 Å². The Morgan fingerprint density at radius 1 is 1.19 bits per heavy atom. The van der Waals surface area contributed by atoms with Crippen molar-refractivity contribution in [1.82, 2.24) is 9.97 Å². The molecule has 0 unspecified atom stereocenters. The summed E-state index contributed by atoms with van der Waals surface area (Å²) in [6.07, 6.45) is -1.25. The SMILES string of the molecule is CNc1cnccc1-c1nc2cc(C(F)(F)F)ccc2o1. The van der Waals surface area contributed by atoms with Crippen LogP contribution in [0.2, 0.25) is 0 Å². The molecule has 2 heterocycles. The summed E-state index contributed by atoms with van der Waals surface area (Å²) in [4.78, 5) is 8.09. The monoisotopic (exact) mass is 293 g/mol. The van der Waals surface area contributed by atoms with Gasteiger partial charge in [0.25, 0.3) is 0 Å². The van der Waals surface area contributed by atoms with E-state index in [1.54, 1.807) is 25.5 Å². The number of aromatic nitrogens is 2. The molecular formula is C14H10F3N3O. The summed E-state index contributed by atoms with van der Waals surface area (Å²) in [6, 6.07) is 4.90. The number of nitrogens with one attached hydrogen (secondary N) is 1. The molecule has 0 radical (unpaired) electrons. The number of benzene rings is 1. The van der Waals surface area contributed by atoms with Gasteiger partial charge in [0.15, 0.2) is 5.58 Å². The maximum absolute atomic E-state index is 12.7. The Labute approximate surface area is 117 Å². The number of halogens is 3. The second-order valence-electron chi connectivity index (χ2n) is 4.37. The van der Waals surface area contributed by atoms with Crippen molar-refractivity contribution in [3.63, 3.8) is 0 Å². The van der Waals surface area contributed by atoms with Crippen molar-refractivity contribution in [2.24, 2.45) is 0 Å². The number of rotatable bonds is 2. The first kappa shape index (κ1) is 13.4.